The summed E-state index contributed by atoms with van der Waals surface area (Å²) in [6.07, 6.45) is 0. The summed E-state index contributed by atoms with van der Waals surface area (Å²) in [5, 5.41) is 12.4. The van der Waals surface area contributed by atoms with Crippen LogP contribution in [-0.4, -0.2) is 11.0 Å². The quantitative estimate of drug-likeness (QED) is 0.740. The number of hydrogen-bond donors (Lipinski definition) is 3. The third-order valence-electron chi connectivity index (χ3n) is 2.46. The Bertz CT molecular complexity index is 647. The van der Waals surface area contributed by atoms with Crippen LogP contribution in [0.15, 0.2) is 36.4 Å². The van der Waals surface area contributed by atoms with E-state index < -0.39 is 11.7 Å². The first-order valence-corrected chi connectivity index (χ1v) is 5.70. The molecular weight excluding hydrogens is 271 g/mol. The molecule has 0 atom stereocenters. The maximum atomic E-state index is 13.0. The lowest BCUT2D eigenvalue weighted by molar-refractivity contribution is 0.102. The van der Waals surface area contributed by atoms with Gasteiger partial charge in [0.2, 0.25) is 0 Å². The van der Waals surface area contributed by atoms with Crippen molar-refractivity contribution in [3.63, 3.8) is 0 Å². The number of aromatic hydroxyl groups is 1. The lowest BCUT2D eigenvalue weighted by Crippen LogP contribution is -2.12. The molecule has 0 saturated heterocycles. The highest BCUT2D eigenvalue weighted by Gasteiger charge is 2.12. The van der Waals surface area contributed by atoms with Gasteiger partial charge >= 0.3 is 0 Å². The molecule has 0 saturated carbocycles. The number of benzene rings is 2. The molecule has 0 aliphatic heterocycles. The van der Waals surface area contributed by atoms with Gasteiger partial charge in [0, 0.05) is 5.69 Å². The standard InChI is InChI=1S/C13H10ClFN2O2/c14-10-3-2-8(6-11(10)16)17-13(19)9-5-7(15)1-4-12(9)18/h1-6,18H,16H2,(H,17,19). The van der Waals surface area contributed by atoms with Crippen molar-refractivity contribution in [2.45, 2.75) is 0 Å². The molecule has 19 heavy (non-hydrogen) atoms. The number of rotatable bonds is 2. The molecule has 1 amide bonds. The van der Waals surface area contributed by atoms with Crippen molar-refractivity contribution in [1.82, 2.24) is 0 Å². The largest absolute Gasteiger partial charge is 0.507 e. The van der Waals surface area contributed by atoms with Gasteiger partial charge < -0.3 is 16.2 Å². The number of amides is 1. The highest BCUT2D eigenvalue weighted by molar-refractivity contribution is 6.33. The van der Waals surface area contributed by atoms with E-state index in [9.17, 15) is 14.3 Å². The maximum Gasteiger partial charge on any atom is 0.259 e. The van der Waals surface area contributed by atoms with Crippen LogP contribution in [0.5, 0.6) is 5.75 Å². The van der Waals surface area contributed by atoms with Gasteiger partial charge in [0.15, 0.2) is 0 Å². The Hall–Kier alpha value is -2.27. The number of phenolic OH excluding ortho intramolecular Hbond substituents is 1. The third-order valence-corrected chi connectivity index (χ3v) is 2.80. The molecule has 0 fully saturated rings. The van der Waals surface area contributed by atoms with Gasteiger partial charge in [-0.05, 0) is 36.4 Å². The number of phenols is 1. The molecule has 0 spiro atoms. The highest BCUT2D eigenvalue weighted by atomic mass is 35.5. The van der Waals surface area contributed by atoms with Crippen molar-refractivity contribution >= 4 is 28.9 Å². The van der Waals surface area contributed by atoms with Gasteiger partial charge in [-0.2, -0.15) is 0 Å². The van der Waals surface area contributed by atoms with Crippen LogP contribution in [0.2, 0.25) is 5.02 Å². The minimum absolute atomic E-state index is 0.159. The molecule has 4 N–H and O–H groups in total. The number of nitrogens with two attached hydrogens (primary N) is 1. The Balaban J connectivity index is 2.25. The molecule has 6 heteroatoms. The molecule has 2 rings (SSSR count). The minimum atomic E-state index is -0.640. The predicted molar refractivity (Wildman–Crippen MR) is 71.9 cm³/mol. The Labute approximate surface area is 113 Å². The van der Waals surface area contributed by atoms with Crippen molar-refractivity contribution in [3.8, 4) is 5.75 Å². The van der Waals surface area contributed by atoms with Gasteiger partial charge in [0.1, 0.15) is 11.6 Å². The van der Waals surface area contributed by atoms with E-state index in [1.807, 2.05) is 0 Å². The van der Waals surface area contributed by atoms with Crippen molar-refractivity contribution in [2.24, 2.45) is 0 Å². The van der Waals surface area contributed by atoms with E-state index in [1.165, 1.54) is 12.1 Å². The molecule has 0 aromatic heterocycles. The molecular formula is C13H10ClFN2O2. The molecule has 2 aromatic rings. The summed E-state index contributed by atoms with van der Waals surface area (Å²) in [6, 6.07) is 7.66. The third kappa shape index (κ3) is 2.95. The molecule has 0 aliphatic rings. The fourth-order valence-corrected chi connectivity index (χ4v) is 1.63. The smallest absolute Gasteiger partial charge is 0.259 e. The second-order valence-corrected chi connectivity index (χ2v) is 4.26. The van der Waals surface area contributed by atoms with Crippen LogP contribution in [-0.2, 0) is 0 Å². The number of nitrogens with one attached hydrogen (secondary N) is 1. The molecule has 0 radical (unpaired) electrons. The van der Waals surface area contributed by atoms with Gasteiger partial charge in [0.25, 0.3) is 5.91 Å². The molecule has 4 nitrogen and oxygen atoms in total. The number of hydrogen-bond acceptors (Lipinski definition) is 3. The zero-order chi connectivity index (χ0) is 14.0. The van der Waals surface area contributed by atoms with Gasteiger partial charge in [-0.15, -0.1) is 0 Å². The van der Waals surface area contributed by atoms with Crippen LogP contribution < -0.4 is 11.1 Å². The summed E-state index contributed by atoms with van der Waals surface area (Å²) < 4.78 is 13.0. The van der Waals surface area contributed by atoms with E-state index in [-0.39, 0.29) is 11.3 Å². The summed E-state index contributed by atoms with van der Waals surface area (Å²) >= 11 is 5.75. The Morgan fingerprint density at radius 2 is 2.00 bits per heavy atom. The molecule has 0 heterocycles. The second-order valence-electron chi connectivity index (χ2n) is 3.85. The van der Waals surface area contributed by atoms with E-state index in [4.69, 9.17) is 17.3 Å². The topological polar surface area (TPSA) is 75.3 Å². The summed E-state index contributed by atoms with van der Waals surface area (Å²) in [5.41, 5.74) is 6.14. The monoisotopic (exact) mass is 280 g/mol. The minimum Gasteiger partial charge on any atom is -0.507 e. The summed E-state index contributed by atoms with van der Waals surface area (Å²) in [5.74, 6) is -1.56. The van der Waals surface area contributed by atoms with Gasteiger partial charge in [-0.1, -0.05) is 11.6 Å². The fourth-order valence-electron chi connectivity index (χ4n) is 1.51. The summed E-state index contributed by atoms with van der Waals surface area (Å²) in [6.45, 7) is 0. The van der Waals surface area contributed by atoms with Gasteiger partial charge in [0.05, 0.1) is 16.3 Å². The number of carbonyl (C=O) groups is 1. The van der Waals surface area contributed by atoms with E-state index in [0.717, 1.165) is 18.2 Å². The van der Waals surface area contributed by atoms with Crippen LogP contribution in [0, 0.1) is 5.82 Å². The summed E-state index contributed by atoms with van der Waals surface area (Å²) in [7, 11) is 0. The Kier molecular flexibility index (Phi) is 3.57. The van der Waals surface area contributed by atoms with Gasteiger partial charge in [-0.3, -0.25) is 4.79 Å². The van der Waals surface area contributed by atoms with Crippen LogP contribution >= 0.6 is 11.6 Å². The number of halogens is 2. The number of anilines is 2. The SMILES string of the molecule is Nc1cc(NC(=O)c2cc(F)ccc2O)ccc1Cl. The first-order chi connectivity index (χ1) is 8.97. The highest BCUT2D eigenvalue weighted by Crippen LogP contribution is 2.24. The molecule has 0 unspecified atom stereocenters. The fraction of sp³-hybridized carbons (Fsp3) is 0. The van der Waals surface area contributed by atoms with Gasteiger partial charge in [-0.25, -0.2) is 4.39 Å². The zero-order valence-corrected chi connectivity index (χ0v) is 10.4. The lowest BCUT2D eigenvalue weighted by atomic mass is 10.1. The number of carbonyl (C=O) groups excluding carboxylic acids is 1. The van der Waals surface area contributed by atoms with E-state index in [0.29, 0.717) is 16.4 Å². The van der Waals surface area contributed by atoms with Crippen LogP contribution in [0.3, 0.4) is 0 Å². The normalized spacial score (nSPS) is 10.2. The predicted octanol–water partition coefficient (Wildman–Crippen LogP) is 3.02. The molecule has 0 bridgehead atoms. The molecule has 0 aliphatic carbocycles. The van der Waals surface area contributed by atoms with Crippen molar-refractivity contribution in [3.05, 3.63) is 52.8 Å². The maximum absolute atomic E-state index is 13.0. The van der Waals surface area contributed by atoms with E-state index in [2.05, 4.69) is 5.32 Å². The van der Waals surface area contributed by atoms with E-state index in [1.54, 1.807) is 6.07 Å². The van der Waals surface area contributed by atoms with Crippen molar-refractivity contribution in [1.29, 1.82) is 0 Å². The van der Waals surface area contributed by atoms with Crippen LogP contribution in [0.25, 0.3) is 0 Å². The second kappa shape index (κ2) is 5.16. The zero-order valence-electron chi connectivity index (χ0n) is 9.65. The Morgan fingerprint density at radius 1 is 1.26 bits per heavy atom. The first kappa shape index (κ1) is 13.2. The summed E-state index contributed by atoms with van der Waals surface area (Å²) in [4.78, 5) is 11.9. The molecule has 98 valence electrons. The average Bonchev–Trinajstić information content (AvgIpc) is 2.36. The van der Waals surface area contributed by atoms with Crippen LogP contribution in [0.4, 0.5) is 15.8 Å². The van der Waals surface area contributed by atoms with Crippen molar-refractivity contribution in [2.75, 3.05) is 11.1 Å². The molecule has 2 aromatic carbocycles. The number of nitrogen functional groups attached to an aromatic ring is 1. The Morgan fingerprint density at radius 3 is 2.68 bits per heavy atom. The lowest BCUT2D eigenvalue weighted by Gasteiger charge is -2.08. The van der Waals surface area contributed by atoms with Crippen molar-refractivity contribution < 1.29 is 14.3 Å². The average molecular weight is 281 g/mol. The first-order valence-electron chi connectivity index (χ1n) is 5.32. The van der Waals surface area contributed by atoms with E-state index >= 15 is 0 Å². The van der Waals surface area contributed by atoms with Crippen LogP contribution in [0.1, 0.15) is 10.4 Å².